The number of rotatable bonds is 9. The van der Waals surface area contributed by atoms with Crippen molar-refractivity contribution in [1.29, 1.82) is 0 Å². The van der Waals surface area contributed by atoms with Gasteiger partial charge in [-0.2, -0.15) is 21.6 Å². The van der Waals surface area contributed by atoms with Gasteiger partial charge < -0.3 is 14.0 Å². The van der Waals surface area contributed by atoms with Crippen LogP contribution in [0.2, 0.25) is 0 Å². The minimum Gasteiger partial charge on any atom is -0.497 e. The topological polar surface area (TPSA) is 99.5 Å². The van der Waals surface area contributed by atoms with E-state index in [1.165, 1.54) is 12.1 Å². The Bertz CT molecular complexity index is 1580. The molecule has 0 saturated carbocycles. The summed E-state index contributed by atoms with van der Waals surface area (Å²) in [6.45, 7) is 2.66. The Hall–Kier alpha value is -4.06. The Kier molecular flexibility index (Phi) is 8.14. The van der Waals surface area contributed by atoms with E-state index in [0.29, 0.717) is 17.7 Å². The van der Waals surface area contributed by atoms with Gasteiger partial charge in [-0.15, -0.1) is 0 Å². The van der Waals surface area contributed by atoms with Crippen LogP contribution in [0.4, 0.5) is 18.0 Å². The Balaban J connectivity index is 1.58. The first-order valence-electron chi connectivity index (χ1n) is 12.0. The molecule has 12 heteroatoms. The number of fused-ring (bicyclic) bond motifs is 1. The minimum absolute atomic E-state index is 0.102. The lowest BCUT2D eigenvalue weighted by atomic mass is 10.0. The summed E-state index contributed by atoms with van der Waals surface area (Å²) in [4.78, 5) is 16.7. The number of alkyl halides is 3. The summed E-state index contributed by atoms with van der Waals surface area (Å²) in [6, 6.07) is 19.2. The van der Waals surface area contributed by atoms with E-state index in [1.54, 1.807) is 31.4 Å². The van der Waals surface area contributed by atoms with Crippen LogP contribution in [0.25, 0.3) is 22.2 Å². The second-order valence-corrected chi connectivity index (χ2v) is 10.4. The lowest BCUT2D eigenvalue weighted by Gasteiger charge is -2.13. The van der Waals surface area contributed by atoms with E-state index in [-0.39, 0.29) is 5.75 Å². The first kappa shape index (κ1) is 28.0. The van der Waals surface area contributed by atoms with Crippen LogP contribution < -0.4 is 14.2 Å². The molecule has 0 aliphatic heterocycles. The van der Waals surface area contributed by atoms with Crippen LogP contribution >= 0.6 is 0 Å². The second-order valence-electron chi connectivity index (χ2n) is 8.71. The van der Waals surface area contributed by atoms with Crippen molar-refractivity contribution >= 4 is 27.1 Å². The number of sulfonamides is 1. The highest BCUT2D eigenvalue weighted by molar-refractivity contribution is 7.90. The number of amides is 1. The molecule has 0 fully saturated rings. The molecule has 0 unspecified atom stereocenters. The number of nitrogens with zero attached hydrogens (tertiary/aromatic N) is 2. The standard InChI is InChI=1S/C27H26F3N3O5S/c1-3-4-9-25-31-22-15-14-20(37-2)16-23(22)33(25)17-18-10-12-19(13-11-18)21-7-5-6-8-24(21)38-26(34)32-39(35,36)27(28,29)30/h5-8,10-16H,3-4,9,17H2,1-2H3,(H,32,34). The number of para-hydroxylation sites is 1. The molecular weight excluding hydrogens is 535 g/mol. The van der Waals surface area contributed by atoms with Crippen molar-refractivity contribution in [3.63, 3.8) is 0 Å². The Morgan fingerprint density at radius 2 is 1.77 bits per heavy atom. The predicted octanol–water partition coefficient (Wildman–Crippen LogP) is 6.04. The number of imidazole rings is 1. The maximum absolute atomic E-state index is 12.6. The largest absolute Gasteiger partial charge is 0.516 e. The third-order valence-corrected chi connectivity index (χ3v) is 7.05. The van der Waals surface area contributed by atoms with Crippen LogP contribution in [0.5, 0.6) is 11.5 Å². The van der Waals surface area contributed by atoms with E-state index in [4.69, 9.17) is 14.5 Å². The molecule has 4 aromatic rings. The van der Waals surface area contributed by atoms with E-state index in [0.717, 1.165) is 52.2 Å². The minimum atomic E-state index is -5.89. The van der Waals surface area contributed by atoms with E-state index < -0.39 is 21.6 Å². The number of aryl methyl sites for hydroxylation is 1. The number of carbonyl (C=O) groups excluding carboxylic acids is 1. The SMILES string of the molecule is CCCCc1nc2ccc(OC)cc2n1Cc1ccc(-c2ccccc2OC(=O)NS(=O)(=O)C(F)(F)F)cc1. The van der Waals surface area contributed by atoms with Gasteiger partial charge in [0, 0.05) is 24.6 Å². The zero-order valence-electron chi connectivity index (χ0n) is 21.2. The average Bonchev–Trinajstić information content (AvgIpc) is 3.23. The molecule has 0 spiro atoms. The normalized spacial score (nSPS) is 11.9. The summed E-state index contributed by atoms with van der Waals surface area (Å²) in [5, 5.41) is 0. The molecule has 0 saturated heterocycles. The zero-order chi connectivity index (χ0) is 28.2. The molecule has 8 nitrogen and oxygen atoms in total. The second kappa shape index (κ2) is 11.4. The average molecular weight is 562 g/mol. The summed E-state index contributed by atoms with van der Waals surface area (Å²) >= 11 is 0. The fourth-order valence-corrected chi connectivity index (χ4v) is 4.41. The van der Waals surface area contributed by atoms with E-state index in [9.17, 15) is 26.4 Å². The zero-order valence-corrected chi connectivity index (χ0v) is 22.0. The fourth-order valence-electron chi connectivity index (χ4n) is 4.04. The number of halogens is 3. The molecule has 0 radical (unpaired) electrons. The summed E-state index contributed by atoms with van der Waals surface area (Å²) in [5.74, 6) is 1.59. The smallest absolute Gasteiger partial charge is 0.497 e. The van der Waals surface area contributed by atoms with E-state index >= 15 is 0 Å². The molecule has 3 aromatic carbocycles. The van der Waals surface area contributed by atoms with Crippen LogP contribution in [0.15, 0.2) is 66.7 Å². The number of nitrogens with one attached hydrogen (secondary N) is 1. The summed E-state index contributed by atoms with van der Waals surface area (Å²) in [7, 11) is -4.28. The van der Waals surface area contributed by atoms with E-state index in [2.05, 4.69) is 11.5 Å². The Morgan fingerprint density at radius 3 is 2.44 bits per heavy atom. The first-order chi connectivity index (χ1) is 18.5. The van der Waals surface area contributed by atoms with Gasteiger partial charge in [0.1, 0.15) is 17.3 Å². The third kappa shape index (κ3) is 6.33. The van der Waals surface area contributed by atoms with Crippen molar-refractivity contribution in [2.45, 2.75) is 38.2 Å². The van der Waals surface area contributed by atoms with Crippen LogP contribution in [0, 0.1) is 0 Å². The molecule has 1 N–H and O–H groups in total. The molecule has 1 aromatic heterocycles. The number of hydrogen-bond acceptors (Lipinski definition) is 6. The Labute approximate surface area is 223 Å². The van der Waals surface area contributed by atoms with Gasteiger partial charge in [-0.3, -0.25) is 0 Å². The number of hydrogen-bond donors (Lipinski definition) is 1. The monoisotopic (exact) mass is 561 g/mol. The summed E-state index contributed by atoms with van der Waals surface area (Å²) in [6.07, 6.45) is 1.08. The van der Waals surface area contributed by atoms with Crippen LogP contribution in [0.3, 0.4) is 0 Å². The van der Waals surface area contributed by atoms with Gasteiger partial charge in [-0.25, -0.2) is 14.5 Å². The van der Waals surface area contributed by atoms with Crippen LogP contribution in [0.1, 0.15) is 31.2 Å². The van der Waals surface area contributed by atoms with Gasteiger partial charge in [-0.1, -0.05) is 55.8 Å². The number of aromatic nitrogens is 2. The van der Waals surface area contributed by atoms with Crippen molar-refractivity contribution in [3.05, 3.63) is 78.1 Å². The number of carbonyl (C=O) groups is 1. The van der Waals surface area contributed by atoms with E-state index in [1.807, 2.05) is 30.3 Å². The van der Waals surface area contributed by atoms with Crippen LogP contribution in [-0.2, 0) is 23.0 Å². The van der Waals surface area contributed by atoms with Gasteiger partial charge in [-0.05, 0) is 35.7 Å². The maximum atomic E-state index is 12.6. The highest BCUT2D eigenvalue weighted by Gasteiger charge is 2.47. The molecule has 4 rings (SSSR count). The first-order valence-corrected chi connectivity index (χ1v) is 13.5. The molecule has 206 valence electrons. The maximum Gasteiger partial charge on any atom is 0.516 e. The van der Waals surface area contributed by atoms with Gasteiger partial charge in [0.15, 0.2) is 0 Å². The van der Waals surface area contributed by atoms with Crippen molar-refractivity contribution in [1.82, 2.24) is 14.3 Å². The molecule has 1 heterocycles. The highest BCUT2D eigenvalue weighted by Crippen LogP contribution is 2.31. The van der Waals surface area contributed by atoms with Gasteiger partial charge in [0.05, 0.1) is 18.1 Å². The number of unbranched alkanes of at least 4 members (excludes halogenated alkanes) is 1. The van der Waals surface area contributed by atoms with Gasteiger partial charge in [0.25, 0.3) is 0 Å². The van der Waals surface area contributed by atoms with Crippen molar-refractivity contribution in [3.8, 4) is 22.6 Å². The van der Waals surface area contributed by atoms with Crippen LogP contribution in [-0.4, -0.2) is 36.7 Å². The number of benzene rings is 3. The highest BCUT2D eigenvalue weighted by atomic mass is 32.2. The predicted molar refractivity (Wildman–Crippen MR) is 140 cm³/mol. The quantitative estimate of drug-likeness (QED) is 0.268. The van der Waals surface area contributed by atoms with Gasteiger partial charge in [0.2, 0.25) is 0 Å². The molecule has 0 bridgehead atoms. The molecular formula is C27H26F3N3O5S. The Morgan fingerprint density at radius 1 is 1.05 bits per heavy atom. The molecule has 0 atom stereocenters. The van der Waals surface area contributed by atoms with Crippen molar-refractivity contribution in [2.75, 3.05) is 7.11 Å². The summed E-state index contributed by atoms with van der Waals surface area (Å²) < 4.78 is 73.5. The van der Waals surface area contributed by atoms with Crippen molar-refractivity contribution in [2.24, 2.45) is 0 Å². The number of ether oxygens (including phenoxy) is 2. The summed E-state index contributed by atoms with van der Waals surface area (Å²) in [5.41, 5.74) is -1.86. The molecule has 39 heavy (non-hydrogen) atoms. The molecule has 0 aliphatic carbocycles. The fraction of sp³-hybridized carbons (Fsp3) is 0.259. The third-order valence-electron chi connectivity index (χ3n) is 6.01. The lowest BCUT2D eigenvalue weighted by Crippen LogP contribution is -2.41. The molecule has 1 amide bonds. The van der Waals surface area contributed by atoms with Crippen molar-refractivity contribution < 1.29 is 35.9 Å². The molecule has 0 aliphatic rings. The lowest BCUT2D eigenvalue weighted by molar-refractivity contribution is -0.0446. The number of methoxy groups -OCH3 is 1. The van der Waals surface area contributed by atoms with Gasteiger partial charge >= 0.3 is 21.6 Å².